The van der Waals surface area contributed by atoms with E-state index in [9.17, 15) is 0 Å². The van der Waals surface area contributed by atoms with Gasteiger partial charge in [-0.25, -0.2) is 0 Å². The lowest BCUT2D eigenvalue weighted by atomic mass is 10.1. The highest BCUT2D eigenvalue weighted by Gasteiger charge is 1.93. The van der Waals surface area contributed by atoms with Gasteiger partial charge in [-0.3, -0.25) is 4.99 Å². The molecule has 0 fully saturated rings. The molecule has 3 rings (SSSR count). The van der Waals surface area contributed by atoms with Gasteiger partial charge < -0.3 is 0 Å². The summed E-state index contributed by atoms with van der Waals surface area (Å²) in [7, 11) is 0. The fourth-order valence-electron chi connectivity index (χ4n) is 2.13. The quantitative estimate of drug-likeness (QED) is 0.604. The van der Waals surface area contributed by atoms with Crippen molar-refractivity contribution in [1.29, 1.82) is 0 Å². The third-order valence-corrected chi connectivity index (χ3v) is 3.13. The highest BCUT2D eigenvalue weighted by molar-refractivity contribution is 5.90. The van der Waals surface area contributed by atoms with Crippen molar-refractivity contribution >= 4 is 17.0 Å². The van der Waals surface area contributed by atoms with Crippen molar-refractivity contribution in [1.82, 2.24) is 0 Å². The maximum atomic E-state index is 4.49. The van der Waals surface area contributed by atoms with Gasteiger partial charge in [-0.2, -0.15) is 0 Å². The molecule has 19 heavy (non-hydrogen) atoms. The van der Waals surface area contributed by atoms with Gasteiger partial charge in [0.25, 0.3) is 0 Å². The summed E-state index contributed by atoms with van der Waals surface area (Å²) in [5.74, 6) is 0. The third-order valence-electron chi connectivity index (χ3n) is 3.13. The minimum Gasteiger partial charge on any atom is -0.288 e. The van der Waals surface area contributed by atoms with Crippen LogP contribution >= 0.6 is 0 Å². The van der Waals surface area contributed by atoms with E-state index in [1.54, 1.807) is 0 Å². The fourth-order valence-corrected chi connectivity index (χ4v) is 2.13. The molecule has 0 aliphatic rings. The average molecular weight is 245 g/mol. The van der Waals surface area contributed by atoms with Gasteiger partial charge in [0.15, 0.2) is 0 Å². The Balaban J connectivity index is 1.78. The summed E-state index contributed by atoms with van der Waals surface area (Å²) < 4.78 is 0. The molecule has 0 amide bonds. The molecule has 3 aromatic rings. The number of rotatable bonds is 3. The molecule has 0 aromatic heterocycles. The molecular formula is C18H15N. The minimum absolute atomic E-state index is 0.730. The van der Waals surface area contributed by atoms with Crippen molar-refractivity contribution in [3.8, 4) is 0 Å². The van der Waals surface area contributed by atoms with E-state index < -0.39 is 0 Å². The molecule has 0 spiro atoms. The van der Waals surface area contributed by atoms with Gasteiger partial charge >= 0.3 is 0 Å². The molecule has 0 unspecified atom stereocenters. The molecule has 0 saturated carbocycles. The number of benzene rings is 3. The summed E-state index contributed by atoms with van der Waals surface area (Å²) in [4.78, 5) is 4.49. The molecule has 0 radical (unpaired) electrons. The fraction of sp³-hybridized carbons (Fsp3) is 0.0556. The topological polar surface area (TPSA) is 12.4 Å². The molecule has 0 N–H and O–H groups in total. The van der Waals surface area contributed by atoms with E-state index in [0.29, 0.717) is 0 Å². The van der Waals surface area contributed by atoms with E-state index >= 15 is 0 Å². The summed E-state index contributed by atoms with van der Waals surface area (Å²) in [6.07, 6.45) is 1.94. The van der Waals surface area contributed by atoms with Crippen LogP contribution < -0.4 is 0 Å². The van der Waals surface area contributed by atoms with Gasteiger partial charge in [0.1, 0.15) is 0 Å². The molecule has 1 nitrogen and oxygen atoms in total. The first-order valence-electron chi connectivity index (χ1n) is 6.44. The molecule has 3 aromatic carbocycles. The largest absolute Gasteiger partial charge is 0.288 e. The highest BCUT2D eigenvalue weighted by Crippen LogP contribution is 2.14. The first-order valence-corrected chi connectivity index (χ1v) is 6.44. The van der Waals surface area contributed by atoms with E-state index in [2.05, 4.69) is 59.6 Å². The molecule has 0 bridgehead atoms. The van der Waals surface area contributed by atoms with Crippen LogP contribution in [0, 0.1) is 0 Å². The Morgan fingerprint density at radius 1 is 0.737 bits per heavy atom. The van der Waals surface area contributed by atoms with E-state index in [4.69, 9.17) is 0 Å². The summed E-state index contributed by atoms with van der Waals surface area (Å²) in [5, 5.41) is 2.52. The van der Waals surface area contributed by atoms with Gasteiger partial charge in [0, 0.05) is 6.21 Å². The lowest BCUT2D eigenvalue weighted by Gasteiger charge is -1.99. The zero-order chi connectivity index (χ0) is 12.9. The summed E-state index contributed by atoms with van der Waals surface area (Å²) >= 11 is 0. The molecule has 0 aliphatic carbocycles. The maximum Gasteiger partial charge on any atom is 0.0639 e. The second kappa shape index (κ2) is 5.49. The zero-order valence-electron chi connectivity index (χ0n) is 10.7. The second-order valence-corrected chi connectivity index (χ2v) is 4.56. The lowest BCUT2D eigenvalue weighted by molar-refractivity contribution is 1.08. The van der Waals surface area contributed by atoms with Crippen molar-refractivity contribution in [3.63, 3.8) is 0 Å². The molecule has 0 heterocycles. The van der Waals surface area contributed by atoms with Crippen molar-refractivity contribution in [2.45, 2.75) is 6.54 Å². The second-order valence-electron chi connectivity index (χ2n) is 4.56. The average Bonchev–Trinajstić information content (AvgIpc) is 2.48. The van der Waals surface area contributed by atoms with Crippen LogP contribution in [0.15, 0.2) is 77.8 Å². The predicted octanol–water partition coefficient (Wildman–Crippen LogP) is 4.46. The molecule has 1 heteroatoms. The van der Waals surface area contributed by atoms with Crippen LogP contribution in [0.2, 0.25) is 0 Å². The number of hydrogen-bond acceptors (Lipinski definition) is 1. The number of aliphatic imine (C=N–C) groups is 1. The van der Waals surface area contributed by atoms with Crippen LogP contribution in [0.5, 0.6) is 0 Å². The first kappa shape index (κ1) is 11.7. The normalized spacial score (nSPS) is 11.2. The van der Waals surface area contributed by atoms with Crippen LogP contribution in [0.1, 0.15) is 11.1 Å². The molecular weight excluding hydrogens is 230 g/mol. The standard InChI is InChI=1S/C18H15N/c1-2-6-15(7-3-1)13-19-14-16-10-11-17-8-4-5-9-18(17)12-16/h1-12,14H,13H2/b19-14+. The number of fused-ring (bicyclic) bond motifs is 1. The Hall–Kier alpha value is -2.41. The van der Waals surface area contributed by atoms with Crippen molar-refractivity contribution in [2.75, 3.05) is 0 Å². The summed E-state index contributed by atoms with van der Waals surface area (Å²) in [6, 6.07) is 25.1. The monoisotopic (exact) mass is 245 g/mol. The number of hydrogen-bond donors (Lipinski definition) is 0. The van der Waals surface area contributed by atoms with Crippen LogP contribution in [0.25, 0.3) is 10.8 Å². The third kappa shape index (κ3) is 2.89. The van der Waals surface area contributed by atoms with Gasteiger partial charge in [-0.15, -0.1) is 0 Å². The van der Waals surface area contributed by atoms with Crippen LogP contribution in [0.4, 0.5) is 0 Å². The van der Waals surface area contributed by atoms with Gasteiger partial charge in [0.2, 0.25) is 0 Å². The molecule has 0 aliphatic heterocycles. The maximum absolute atomic E-state index is 4.49. The van der Waals surface area contributed by atoms with Gasteiger partial charge in [-0.05, 0) is 28.0 Å². The van der Waals surface area contributed by atoms with E-state index in [1.165, 1.54) is 16.3 Å². The number of nitrogens with zero attached hydrogens (tertiary/aromatic N) is 1. The smallest absolute Gasteiger partial charge is 0.0639 e. The van der Waals surface area contributed by atoms with Crippen molar-refractivity contribution in [3.05, 3.63) is 83.9 Å². The highest BCUT2D eigenvalue weighted by atomic mass is 14.7. The Morgan fingerprint density at radius 3 is 2.32 bits per heavy atom. The van der Waals surface area contributed by atoms with Crippen LogP contribution in [0.3, 0.4) is 0 Å². The Bertz CT molecular complexity index is 699. The Labute approximate surface area is 113 Å². The van der Waals surface area contributed by atoms with Crippen molar-refractivity contribution in [2.24, 2.45) is 4.99 Å². The SMILES string of the molecule is C(=N\Cc1ccccc1)/c1ccc2ccccc2c1. The first-order chi connectivity index (χ1) is 9.42. The summed E-state index contributed by atoms with van der Waals surface area (Å²) in [5.41, 5.74) is 2.38. The van der Waals surface area contributed by atoms with Crippen LogP contribution in [-0.4, -0.2) is 6.21 Å². The summed E-state index contributed by atoms with van der Waals surface area (Å²) in [6.45, 7) is 0.730. The molecule has 0 saturated heterocycles. The van der Waals surface area contributed by atoms with E-state index in [-0.39, 0.29) is 0 Å². The minimum atomic E-state index is 0.730. The Kier molecular flexibility index (Phi) is 3.37. The van der Waals surface area contributed by atoms with Gasteiger partial charge in [-0.1, -0.05) is 66.7 Å². The van der Waals surface area contributed by atoms with Gasteiger partial charge in [0.05, 0.1) is 6.54 Å². The lowest BCUT2D eigenvalue weighted by Crippen LogP contribution is -1.84. The van der Waals surface area contributed by atoms with E-state index in [1.807, 2.05) is 24.4 Å². The Morgan fingerprint density at radius 2 is 1.47 bits per heavy atom. The molecule has 0 atom stereocenters. The van der Waals surface area contributed by atoms with Crippen molar-refractivity contribution < 1.29 is 0 Å². The molecule has 92 valence electrons. The predicted molar refractivity (Wildman–Crippen MR) is 81.7 cm³/mol. The van der Waals surface area contributed by atoms with Crippen LogP contribution in [-0.2, 0) is 6.54 Å². The zero-order valence-corrected chi connectivity index (χ0v) is 10.7. The van der Waals surface area contributed by atoms with E-state index in [0.717, 1.165) is 12.1 Å².